The second kappa shape index (κ2) is 6.33. The van der Waals surface area contributed by atoms with Gasteiger partial charge in [0.25, 0.3) is 0 Å². The number of hydrogen-bond acceptors (Lipinski definition) is 5. The molecule has 1 aromatic rings. The van der Waals surface area contributed by atoms with Crippen LogP contribution in [0.25, 0.3) is 0 Å². The van der Waals surface area contributed by atoms with Crippen molar-refractivity contribution >= 4 is 18.4 Å². The van der Waals surface area contributed by atoms with Gasteiger partial charge in [0.1, 0.15) is 0 Å². The third kappa shape index (κ3) is 3.56. The lowest BCUT2D eigenvalue weighted by molar-refractivity contribution is -0.259. The fraction of sp³-hybridized carbons (Fsp3) is 0.667. The summed E-state index contributed by atoms with van der Waals surface area (Å²) < 4.78 is 38.1. The predicted octanol–water partition coefficient (Wildman–Crippen LogP) is 1.47. The van der Waals surface area contributed by atoms with Crippen LogP contribution in [0.15, 0.2) is 12.4 Å². The molecule has 5 nitrogen and oxygen atoms in total. The maximum atomic E-state index is 12.7. The summed E-state index contributed by atoms with van der Waals surface area (Å²) in [5, 5.41) is 12.8. The Bertz CT molecular complexity index is 467. The zero-order valence-electron chi connectivity index (χ0n) is 11.7. The molecule has 0 radical (unpaired) electrons. The Kier molecular flexibility index (Phi) is 5.40. The van der Waals surface area contributed by atoms with Crippen molar-refractivity contribution in [2.75, 3.05) is 24.5 Å². The van der Waals surface area contributed by atoms with Gasteiger partial charge in [0.15, 0.2) is 5.60 Å². The standard InChI is InChI=1S/C12H17F3N4O.ClH/c1-8-5-16-3-4-19(8)10-17-6-9(7-18-10)11(2,20)12(13,14)15;/h6-8,16,20H,3-5H2,1-2H3;1H/t8-,11?;/m0./s1. The Morgan fingerprint density at radius 3 is 2.38 bits per heavy atom. The minimum absolute atomic E-state index is 0. The monoisotopic (exact) mass is 326 g/mol. The summed E-state index contributed by atoms with van der Waals surface area (Å²) >= 11 is 0. The molecule has 1 unspecified atom stereocenters. The average molecular weight is 327 g/mol. The summed E-state index contributed by atoms with van der Waals surface area (Å²) in [6.45, 7) is 4.91. The molecule has 2 atom stereocenters. The number of alkyl halides is 3. The summed E-state index contributed by atoms with van der Waals surface area (Å²) in [5.41, 5.74) is -3.31. The number of piperazine rings is 1. The number of hydrogen-bond donors (Lipinski definition) is 2. The third-order valence-electron chi connectivity index (χ3n) is 3.51. The molecule has 0 spiro atoms. The molecule has 1 aliphatic heterocycles. The van der Waals surface area contributed by atoms with Gasteiger partial charge in [0, 0.05) is 43.6 Å². The minimum Gasteiger partial charge on any atom is -0.376 e. The molecule has 21 heavy (non-hydrogen) atoms. The molecule has 120 valence electrons. The number of halogens is 4. The molecular formula is C12H18ClF3N4O. The van der Waals surface area contributed by atoms with E-state index in [-0.39, 0.29) is 24.0 Å². The van der Waals surface area contributed by atoms with E-state index in [0.717, 1.165) is 25.5 Å². The van der Waals surface area contributed by atoms with Crippen molar-refractivity contribution in [3.05, 3.63) is 18.0 Å². The summed E-state index contributed by atoms with van der Waals surface area (Å²) in [6, 6.07) is 0.165. The Balaban J connectivity index is 0.00000220. The second-order valence-electron chi connectivity index (χ2n) is 5.09. The molecular weight excluding hydrogens is 309 g/mol. The van der Waals surface area contributed by atoms with Crippen LogP contribution in [0.2, 0.25) is 0 Å². The van der Waals surface area contributed by atoms with Crippen LogP contribution in [0.1, 0.15) is 19.4 Å². The zero-order valence-corrected chi connectivity index (χ0v) is 12.5. The van der Waals surface area contributed by atoms with Gasteiger partial charge in [-0.1, -0.05) is 0 Å². The lowest BCUT2D eigenvalue weighted by atomic mass is 9.99. The van der Waals surface area contributed by atoms with Crippen molar-refractivity contribution in [2.45, 2.75) is 31.7 Å². The van der Waals surface area contributed by atoms with Gasteiger partial charge in [0.2, 0.25) is 5.95 Å². The van der Waals surface area contributed by atoms with Crippen LogP contribution >= 0.6 is 12.4 Å². The van der Waals surface area contributed by atoms with E-state index >= 15 is 0 Å². The fourth-order valence-electron chi connectivity index (χ4n) is 2.02. The smallest absolute Gasteiger partial charge is 0.376 e. The lowest BCUT2D eigenvalue weighted by Gasteiger charge is -2.34. The molecule has 2 rings (SSSR count). The van der Waals surface area contributed by atoms with Crippen LogP contribution in [-0.4, -0.2) is 46.9 Å². The molecule has 9 heteroatoms. The number of nitrogens with one attached hydrogen (secondary N) is 1. The van der Waals surface area contributed by atoms with Crippen molar-refractivity contribution < 1.29 is 18.3 Å². The summed E-state index contributed by atoms with van der Waals surface area (Å²) in [7, 11) is 0. The molecule has 0 aliphatic carbocycles. The topological polar surface area (TPSA) is 61.3 Å². The van der Waals surface area contributed by atoms with Crippen molar-refractivity contribution in [3.8, 4) is 0 Å². The Hall–Kier alpha value is -1.12. The van der Waals surface area contributed by atoms with Crippen LogP contribution in [0.5, 0.6) is 0 Å². The molecule has 2 N–H and O–H groups in total. The molecule has 2 heterocycles. The van der Waals surface area contributed by atoms with Crippen molar-refractivity contribution in [2.24, 2.45) is 0 Å². The Morgan fingerprint density at radius 1 is 1.33 bits per heavy atom. The predicted molar refractivity (Wildman–Crippen MR) is 74.6 cm³/mol. The normalized spacial score (nSPS) is 22.4. The van der Waals surface area contributed by atoms with E-state index in [1.54, 1.807) is 0 Å². The van der Waals surface area contributed by atoms with Crippen LogP contribution in [0, 0.1) is 0 Å². The maximum absolute atomic E-state index is 12.7. The largest absolute Gasteiger partial charge is 0.421 e. The van der Waals surface area contributed by atoms with E-state index in [4.69, 9.17) is 0 Å². The van der Waals surface area contributed by atoms with Gasteiger partial charge in [-0.05, 0) is 13.8 Å². The zero-order chi connectivity index (χ0) is 15.0. The number of rotatable bonds is 2. The van der Waals surface area contributed by atoms with Gasteiger partial charge >= 0.3 is 6.18 Å². The Morgan fingerprint density at radius 2 is 1.90 bits per heavy atom. The first-order valence-electron chi connectivity index (χ1n) is 6.32. The summed E-state index contributed by atoms with van der Waals surface area (Å²) in [6.07, 6.45) is -2.70. The van der Waals surface area contributed by atoms with Crippen molar-refractivity contribution in [1.82, 2.24) is 15.3 Å². The number of nitrogens with zero attached hydrogens (tertiary/aromatic N) is 3. The van der Waals surface area contributed by atoms with Crippen LogP contribution in [-0.2, 0) is 5.60 Å². The molecule has 1 aliphatic rings. The molecule has 0 saturated carbocycles. The molecule has 1 aromatic heterocycles. The van der Waals surface area contributed by atoms with E-state index in [0.29, 0.717) is 19.4 Å². The quantitative estimate of drug-likeness (QED) is 0.862. The van der Waals surface area contributed by atoms with Gasteiger partial charge in [-0.25, -0.2) is 9.97 Å². The van der Waals surface area contributed by atoms with E-state index < -0.39 is 11.8 Å². The number of aliphatic hydroxyl groups is 1. The van der Waals surface area contributed by atoms with Gasteiger partial charge in [-0.2, -0.15) is 13.2 Å². The van der Waals surface area contributed by atoms with E-state index in [1.807, 2.05) is 11.8 Å². The third-order valence-corrected chi connectivity index (χ3v) is 3.51. The molecule has 1 fully saturated rings. The van der Waals surface area contributed by atoms with E-state index in [1.165, 1.54) is 0 Å². The first kappa shape index (κ1) is 17.9. The van der Waals surface area contributed by atoms with Gasteiger partial charge in [0.05, 0.1) is 0 Å². The first-order chi connectivity index (χ1) is 9.23. The SMILES string of the molecule is C[C@H]1CNCCN1c1ncc(C(C)(O)C(F)(F)F)cn1.Cl. The summed E-state index contributed by atoms with van der Waals surface area (Å²) in [4.78, 5) is 9.84. The van der Waals surface area contributed by atoms with Gasteiger partial charge in [-0.3, -0.25) is 0 Å². The van der Waals surface area contributed by atoms with Crippen LogP contribution in [0.3, 0.4) is 0 Å². The highest BCUT2D eigenvalue weighted by Crippen LogP contribution is 2.38. The maximum Gasteiger partial charge on any atom is 0.421 e. The van der Waals surface area contributed by atoms with Gasteiger partial charge < -0.3 is 15.3 Å². The summed E-state index contributed by atoms with van der Waals surface area (Å²) in [5.74, 6) is 0.376. The van der Waals surface area contributed by atoms with Gasteiger partial charge in [-0.15, -0.1) is 12.4 Å². The molecule has 0 bridgehead atoms. The number of anilines is 1. The number of aromatic nitrogens is 2. The van der Waals surface area contributed by atoms with E-state index in [9.17, 15) is 18.3 Å². The van der Waals surface area contributed by atoms with Crippen molar-refractivity contribution in [3.63, 3.8) is 0 Å². The highest BCUT2D eigenvalue weighted by atomic mass is 35.5. The fourth-order valence-corrected chi connectivity index (χ4v) is 2.02. The average Bonchev–Trinajstić information content (AvgIpc) is 2.38. The van der Waals surface area contributed by atoms with E-state index in [2.05, 4.69) is 15.3 Å². The lowest BCUT2D eigenvalue weighted by Crippen LogP contribution is -2.50. The molecule has 0 aromatic carbocycles. The Labute approximate surface area is 127 Å². The minimum atomic E-state index is -4.76. The van der Waals surface area contributed by atoms with Crippen molar-refractivity contribution in [1.29, 1.82) is 0 Å². The highest BCUT2D eigenvalue weighted by molar-refractivity contribution is 5.85. The second-order valence-corrected chi connectivity index (χ2v) is 5.09. The van der Waals surface area contributed by atoms with Crippen LogP contribution in [0.4, 0.5) is 19.1 Å². The highest BCUT2D eigenvalue weighted by Gasteiger charge is 2.51. The molecule has 0 amide bonds. The van der Waals surface area contributed by atoms with Crippen LogP contribution < -0.4 is 10.2 Å². The first-order valence-corrected chi connectivity index (χ1v) is 6.32. The molecule has 1 saturated heterocycles.